The summed E-state index contributed by atoms with van der Waals surface area (Å²) in [5.41, 5.74) is 2.48. The zero-order chi connectivity index (χ0) is 26.7. The molecule has 0 saturated heterocycles. The van der Waals surface area contributed by atoms with E-state index in [4.69, 9.17) is 4.74 Å². The van der Waals surface area contributed by atoms with Crippen LogP contribution in [0.2, 0.25) is 0 Å². The van der Waals surface area contributed by atoms with Crippen molar-refractivity contribution in [3.8, 4) is 17.2 Å². The predicted molar refractivity (Wildman–Crippen MR) is 155 cm³/mol. The first-order chi connectivity index (χ1) is 16.9. The Labute approximate surface area is 248 Å². The van der Waals surface area contributed by atoms with E-state index in [1.54, 1.807) is 30.3 Å². The van der Waals surface area contributed by atoms with Gasteiger partial charge in [-0.15, -0.1) is 0 Å². The van der Waals surface area contributed by atoms with Crippen LogP contribution in [0.25, 0.3) is 11.6 Å². The molecule has 0 aliphatic carbocycles. The monoisotopic (exact) mass is 806 g/mol. The molecule has 0 bridgehead atoms. The average molecular weight is 811 g/mol. The Morgan fingerprint density at radius 1 is 0.778 bits per heavy atom. The first-order valence-corrected chi connectivity index (χ1v) is 13.8. The van der Waals surface area contributed by atoms with Crippen LogP contribution in [0.3, 0.4) is 0 Å². The predicted octanol–water partition coefficient (Wildman–Crippen LogP) is 8.16. The number of esters is 1. The van der Waals surface area contributed by atoms with Gasteiger partial charge in [-0.1, -0.05) is 6.07 Å². The van der Waals surface area contributed by atoms with Crippen molar-refractivity contribution in [1.29, 1.82) is 0 Å². The van der Waals surface area contributed by atoms with Crippen LogP contribution >= 0.6 is 79.6 Å². The Morgan fingerprint density at radius 3 is 1.81 bits per heavy atom. The number of aromatic hydroxyl groups is 3. The number of ether oxygens (including phenoxy) is 1. The highest BCUT2D eigenvalue weighted by molar-refractivity contribution is 9.11. The molecule has 186 valence electrons. The Morgan fingerprint density at radius 2 is 1.31 bits per heavy atom. The van der Waals surface area contributed by atoms with Crippen molar-refractivity contribution in [2.24, 2.45) is 0 Å². The summed E-state index contributed by atoms with van der Waals surface area (Å²) in [6.45, 7) is 1.97. The van der Waals surface area contributed by atoms with Gasteiger partial charge in [-0.2, -0.15) is 0 Å². The summed E-state index contributed by atoms with van der Waals surface area (Å²) in [5.74, 6) is -0.226. The SMILES string of the molecule is Cc1cc(Br)c(O)c(Br)c1.O=CC1=C(c2cc(Br)c(O)c(Br)c2)/C(=C/c2ccc(O)c(Br)c2)OC1=O. The summed E-state index contributed by atoms with van der Waals surface area (Å²) in [6.07, 6.45) is 2.03. The van der Waals surface area contributed by atoms with E-state index in [0.29, 0.717) is 36.4 Å². The van der Waals surface area contributed by atoms with Gasteiger partial charge in [-0.05, 0) is 146 Å². The first kappa shape index (κ1) is 28.6. The number of phenols is 3. The highest BCUT2D eigenvalue weighted by atomic mass is 79.9. The maximum absolute atomic E-state index is 12.1. The Balaban J connectivity index is 0.000000303. The van der Waals surface area contributed by atoms with Crippen molar-refractivity contribution in [2.75, 3.05) is 0 Å². The number of carbonyl (C=O) groups is 2. The lowest BCUT2D eigenvalue weighted by Crippen LogP contribution is -1.99. The third-order valence-electron chi connectivity index (χ3n) is 4.79. The maximum Gasteiger partial charge on any atom is 0.347 e. The Kier molecular flexibility index (Phi) is 9.62. The van der Waals surface area contributed by atoms with E-state index in [9.17, 15) is 24.9 Å². The van der Waals surface area contributed by atoms with Crippen LogP contribution in [0.15, 0.2) is 76.2 Å². The smallest absolute Gasteiger partial charge is 0.347 e. The summed E-state index contributed by atoms with van der Waals surface area (Å²) >= 11 is 16.1. The average Bonchev–Trinajstić information content (AvgIpc) is 3.12. The zero-order valence-electron chi connectivity index (χ0n) is 18.2. The molecule has 0 spiro atoms. The van der Waals surface area contributed by atoms with Gasteiger partial charge in [-0.25, -0.2) is 4.79 Å². The van der Waals surface area contributed by atoms with Gasteiger partial charge < -0.3 is 20.1 Å². The molecular formula is C25H15Br5O6. The fourth-order valence-electron chi connectivity index (χ4n) is 3.11. The van der Waals surface area contributed by atoms with Crippen LogP contribution in [0.5, 0.6) is 17.2 Å². The van der Waals surface area contributed by atoms with E-state index in [2.05, 4.69) is 79.6 Å². The van der Waals surface area contributed by atoms with Crippen molar-refractivity contribution in [1.82, 2.24) is 0 Å². The molecule has 0 amide bonds. The number of benzene rings is 3. The lowest BCUT2D eigenvalue weighted by Gasteiger charge is -2.09. The fourth-order valence-corrected chi connectivity index (χ4v) is 6.11. The van der Waals surface area contributed by atoms with Gasteiger partial charge in [0.05, 0.1) is 22.4 Å². The van der Waals surface area contributed by atoms with Gasteiger partial charge >= 0.3 is 5.97 Å². The molecule has 0 atom stereocenters. The van der Waals surface area contributed by atoms with E-state index in [1.165, 1.54) is 6.07 Å². The molecule has 4 rings (SSSR count). The molecule has 6 nitrogen and oxygen atoms in total. The van der Waals surface area contributed by atoms with Crippen LogP contribution in [0.1, 0.15) is 16.7 Å². The van der Waals surface area contributed by atoms with Crippen molar-refractivity contribution < 1.29 is 29.6 Å². The van der Waals surface area contributed by atoms with E-state index in [0.717, 1.165) is 14.5 Å². The van der Waals surface area contributed by atoms with Crippen LogP contribution in [-0.4, -0.2) is 27.6 Å². The minimum atomic E-state index is -0.751. The number of hydrogen-bond acceptors (Lipinski definition) is 6. The van der Waals surface area contributed by atoms with Crippen molar-refractivity contribution >= 4 is 104 Å². The van der Waals surface area contributed by atoms with E-state index in [-0.39, 0.29) is 28.6 Å². The Bertz CT molecular complexity index is 1400. The number of cyclic esters (lactones) is 1. The van der Waals surface area contributed by atoms with Crippen LogP contribution in [0, 0.1) is 6.92 Å². The summed E-state index contributed by atoms with van der Waals surface area (Å²) in [7, 11) is 0. The standard InChI is InChI=1S/C18H9Br3O5.C7H6Br2O/c19-11-3-8(1-2-14(11)23)4-15-16(10(7-22)18(25)26-15)9-5-12(20)17(24)13(21)6-9;1-4-2-5(8)7(10)6(9)3-4/h1-7,23-24H;2-3,10H,1H3/b15-4-;. The second kappa shape index (κ2) is 12.1. The normalized spacial score (nSPS) is 13.9. The number of phenolic OH excluding ortho intramolecular Hbond substituents is 3. The largest absolute Gasteiger partial charge is 0.507 e. The van der Waals surface area contributed by atoms with Crippen LogP contribution in [0.4, 0.5) is 0 Å². The van der Waals surface area contributed by atoms with E-state index >= 15 is 0 Å². The molecule has 1 heterocycles. The highest BCUT2D eigenvalue weighted by Crippen LogP contribution is 2.41. The van der Waals surface area contributed by atoms with Crippen molar-refractivity contribution in [2.45, 2.75) is 6.92 Å². The molecule has 0 radical (unpaired) electrons. The molecule has 3 aromatic rings. The van der Waals surface area contributed by atoms with Crippen LogP contribution in [-0.2, 0) is 14.3 Å². The molecule has 3 N–H and O–H groups in total. The molecule has 36 heavy (non-hydrogen) atoms. The molecule has 11 heteroatoms. The number of allylic oxidation sites excluding steroid dienone is 1. The van der Waals surface area contributed by atoms with Gasteiger partial charge in [0.1, 0.15) is 28.6 Å². The molecule has 1 aliphatic heterocycles. The van der Waals surface area contributed by atoms with Gasteiger partial charge in [0.2, 0.25) is 0 Å². The summed E-state index contributed by atoms with van der Waals surface area (Å²) in [4.78, 5) is 23.5. The summed E-state index contributed by atoms with van der Waals surface area (Å²) in [6, 6.07) is 11.7. The summed E-state index contributed by atoms with van der Waals surface area (Å²) < 4.78 is 7.97. The highest BCUT2D eigenvalue weighted by Gasteiger charge is 2.31. The molecule has 1 aliphatic rings. The third kappa shape index (κ3) is 6.49. The molecular weight excluding hydrogens is 796 g/mol. The Hall–Kier alpha value is -1.92. The molecule has 0 unspecified atom stereocenters. The number of aldehydes is 1. The minimum absolute atomic E-state index is 0.000222. The number of rotatable bonds is 3. The van der Waals surface area contributed by atoms with Crippen LogP contribution < -0.4 is 0 Å². The van der Waals surface area contributed by atoms with Crippen molar-refractivity contribution in [3.05, 3.63) is 92.9 Å². The third-order valence-corrected chi connectivity index (χ3v) is 7.85. The number of carbonyl (C=O) groups excluding carboxylic acids is 2. The lowest BCUT2D eigenvalue weighted by atomic mass is 9.99. The quantitative estimate of drug-likeness (QED) is 0.140. The number of halogens is 5. The molecule has 3 aromatic carbocycles. The van der Waals surface area contributed by atoms with Gasteiger partial charge in [0.15, 0.2) is 6.29 Å². The van der Waals surface area contributed by atoms with Gasteiger partial charge in [0, 0.05) is 5.57 Å². The van der Waals surface area contributed by atoms with E-state index < -0.39 is 5.97 Å². The van der Waals surface area contributed by atoms with E-state index in [1.807, 2.05) is 19.1 Å². The lowest BCUT2D eigenvalue weighted by molar-refractivity contribution is -0.133. The minimum Gasteiger partial charge on any atom is -0.507 e. The second-order valence-electron chi connectivity index (χ2n) is 7.38. The molecule has 0 fully saturated rings. The molecule has 0 saturated carbocycles. The zero-order valence-corrected chi connectivity index (χ0v) is 26.1. The second-order valence-corrected chi connectivity index (χ2v) is 11.7. The molecule has 0 aromatic heterocycles. The number of hydrogen-bond donors (Lipinski definition) is 3. The fraction of sp³-hybridized carbons (Fsp3) is 0.0400. The maximum atomic E-state index is 12.1. The van der Waals surface area contributed by atoms with Crippen molar-refractivity contribution in [3.63, 3.8) is 0 Å². The van der Waals surface area contributed by atoms with Gasteiger partial charge in [-0.3, -0.25) is 4.79 Å². The first-order valence-electron chi connectivity index (χ1n) is 9.88. The van der Waals surface area contributed by atoms with Gasteiger partial charge in [0.25, 0.3) is 0 Å². The number of aryl methyl sites for hydroxylation is 1. The summed E-state index contributed by atoms with van der Waals surface area (Å²) in [5, 5.41) is 28.7. The topological polar surface area (TPSA) is 104 Å².